The summed E-state index contributed by atoms with van der Waals surface area (Å²) in [6.45, 7) is 1.55. The molecule has 1 rings (SSSR count). The van der Waals surface area contributed by atoms with Crippen LogP contribution in [0, 0.1) is 0 Å². The maximum Gasteiger partial charge on any atom is 0.250 e. The second kappa shape index (κ2) is 5.95. The van der Waals surface area contributed by atoms with Gasteiger partial charge in [0.25, 0.3) is 5.91 Å². The van der Waals surface area contributed by atoms with Gasteiger partial charge in [-0.25, -0.2) is 0 Å². The predicted molar refractivity (Wildman–Crippen MR) is 51.8 cm³/mol. The van der Waals surface area contributed by atoms with Crippen LogP contribution in [0.25, 0.3) is 0 Å². The van der Waals surface area contributed by atoms with Crippen LogP contribution in [0.1, 0.15) is 12.8 Å². The van der Waals surface area contributed by atoms with Gasteiger partial charge in [0.1, 0.15) is 6.10 Å². The molecule has 14 heavy (non-hydrogen) atoms. The fourth-order valence-electron chi connectivity index (χ4n) is 1.44. The van der Waals surface area contributed by atoms with E-state index in [9.17, 15) is 4.79 Å². The van der Waals surface area contributed by atoms with Crippen LogP contribution in [-0.4, -0.2) is 44.9 Å². The van der Waals surface area contributed by atoms with Gasteiger partial charge in [-0.1, -0.05) is 0 Å². The minimum absolute atomic E-state index is 0.161. The van der Waals surface area contributed by atoms with E-state index in [1.165, 1.54) is 7.11 Å². The lowest BCUT2D eigenvalue weighted by Gasteiger charge is -2.15. The largest absolute Gasteiger partial charge is 0.376 e. The van der Waals surface area contributed by atoms with Crippen molar-refractivity contribution in [2.45, 2.75) is 25.0 Å². The third-order valence-electron chi connectivity index (χ3n) is 2.32. The number of hydrogen-bond donors (Lipinski definition) is 2. The van der Waals surface area contributed by atoms with Gasteiger partial charge >= 0.3 is 0 Å². The molecule has 0 spiro atoms. The van der Waals surface area contributed by atoms with Crippen molar-refractivity contribution in [1.82, 2.24) is 5.32 Å². The maximum atomic E-state index is 11.4. The zero-order valence-electron chi connectivity index (χ0n) is 8.49. The SMILES string of the molecule is COC(CN)C(=O)NCC1CCCO1. The number of hydrogen-bond acceptors (Lipinski definition) is 4. The molecular weight excluding hydrogens is 184 g/mol. The van der Waals surface area contributed by atoms with Crippen LogP contribution in [0.5, 0.6) is 0 Å². The molecule has 1 saturated heterocycles. The summed E-state index contributed by atoms with van der Waals surface area (Å²) < 4.78 is 10.3. The molecule has 0 radical (unpaired) electrons. The van der Waals surface area contributed by atoms with Crippen LogP contribution in [0.2, 0.25) is 0 Å². The molecule has 0 aromatic heterocycles. The Bertz CT molecular complexity index is 177. The summed E-state index contributed by atoms with van der Waals surface area (Å²) in [6, 6.07) is 0. The zero-order chi connectivity index (χ0) is 10.4. The fraction of sp³-hybridized carbons (Fsp3) is 0.889. The minimum Gasteiger partial charge on any atom is -0.376 e. The van der Waals surface area contributed by atoms with E-state index in [1.807, 2.05) is 0 Å². The van der Waals surface area contributed by atoms with Gasteiger partial charge in [0.15, 0.2) is 0 Å². The number of carbonyl (C=O) groups is 1. The van der Waals surface area contributed by atoms with Gasteiger partial charge in [0.05, 0.1) is 6.10 Å². The molecule has 0 aromatic carbocycles. The van der Waals surface area contributed by atoms with Crippen LogP contribution in [0.3, 0.4) is 0 Å². The maximum absolute atomic E-state index is 11.4. The Labute approximate surface area is 83.9 Å². The Kier molecular flexibility index (Phi) is 4.86. The highest BCUT2D eigenvalue weighted by Gasteiger charge is 2.19. The van der Waals surface area contributed by atoms with Gasteiger partial charge in [-0.2, -0.15) is 0 Å². The monoisotopic (exact) mass is 202 g/mol. The second-order valence-corrected chi connectivity index (χ2v) is 3.34. The van der Waals surface area contributed by atoms with Crippen molar-refractivity contribution in [3.8, 4) is 0 Å². The lowest BCUT2D eigenvalue weighted by atomic mass is 10.2. The first kappa shape index (κ1) is 11.4. The molecule has 0 aliphatic carbocycles. The van der Waals surface area contributed by atoms with Crippen molar-refractivity contribution >= 4 is 5.91 Å². The third-order valence-corrected chi connectivity index (χ3v) is 2.32. The van der Waals surface area contributed by atoms with Crippen LogP contribution >= 0.6 is 0 Å². The lowest BCUT2D eigenvalue weighted by molar-refractivity contribution is -0.130. The van der Waals surface area contributed by atoms with Gasteiger partial charge in [-0.15, -0.1) is 0 Å². The second-order valence-electron chi connectivity index (χ2n) is 3.34. The van der Waals surface area contributed by atoms with E-state index in [1.54, 1.807) is 0 Å². The molecule has 2 unspecified atom stereocenters. The summed E-state index contributed by atoms with van der Waals surface area (Å²) in [5.41, 5.74) is 5.35. The molecule has 0 bridgehead atoms. The van der Waals surface area contributed by atoms with Crippen molar-refractivity contribution < 1.29 is 14.3 Å². The smallest absolute Gasteiger partial charge is 0.250 e. The van der Waals surface area contributed by atoms with Crippen molar-refractivity contribution in [2.24, 2.45) is 5.73 Å². The molecule has 5 heteroatoms. The Balaban J connectivity index is 2.18. The van der Waals surface area contributed by atoms with E-state index < -0.39 is 6.10 Å². The highest BCUT2D eigenvalue weighted by Crippen LogP contribution is 2.10. The van der Waals surface area contributed by atoms with E-state index in [0.717, 1.165) is 19.4 Å². The fourth-order valence-corrected chi connectivity index (χ4v) is 1.44. The third kappa shape index (κ3) is 3.25. The topological polar surface area (TPSA) is 73.6 Å². The quantitative estimate of drug-likeness (QED) is 0.615. The molecule has 0 saturated carbocycles. The van der Waals surface area contributed by atoms with E-state index in [4.69, 9.17) is 15.2 Å². The molecule has 3 N–H and O–H groups in total. The molecule has 5 nitrogen and oxygen atoms in total. The zero-order valence-corrected chi connectivity index (χ0v) is 8.49. The summed E-state index contributed by atoms with van der Waals surface area (Å²) in [4.78, 5) is 11.4. The van der Waals surface area contributed by atoms with Gasteiger partial charge in [0, 0.05) is 26.8 Å². The first-order chi connectivity index (χ1) is 6.77. The first-order valence-corrected chi connectivity index (χ1v) is 4.90. The molecule has 0 aromatic rings. The number of methoxy groups -OCH3 is 1. The summed E-state index contributed by atoms with van der Waals surface area (Å²) >= 11 is 0. The number of amides is 1. The number of ether oxygens (including phenoxy) is 2. The number of carbonyl (C=O) groups excluding carboxylic acids is 1. The predicted octanol–water partition coefficient (Wildman–Crippen LogP) is -0.745. The van der Waals surface area contributed by atoms with Crippen LogP contribution in [-0.2, 0) is 14.3 Å². The Morgan fingerprint density at radius 2 is 2.57 bits per heavy atom. The van der Waals surface area contributed by atoms with Crippen LogP contribution in [0.4, 0.5) is 0 Å². The van der Waals surface area contributed by atoms with Crippen molar-refractivity contribution in [1.29, 1.82) is 0 Å². The molecule has 82 valence electrons. The van der Waals surface area contributed by atoms with Crippen molar-refractivity contribution in [2.75, 3.05) is 26.8 Å². The molecule has 1 aliphatic heterocycles. The van der Waals surface area contributed by atoms with Gasteiger partial charge in [0.2, 0.25) is 0 Å². The highest BCUT2D eigenvalue weighted by atomic mass is 16.5. The summed E-state index contributed by atoms with van der Waals surface area (Å²) in [6.07, 6.45) is 1.71. The summed E-state index contributed by atoms with van der Waals surface area (Å²) in [5, 5.41) is 2.76. The molecule has 1 fully saturated rings. The number of nitrogens with one attached hydrogen (secondary N) is 1. The van der Waals surface area contributed by atoms with E-state index in [-0.39, 0.29) is 18.6 Å². The molecular formula is C9H18N2O3. The Morgan fingerprint density at radius 3 is 3.07 bits per heavy atom. The normalized spacial score (nSPS) is 23.4. The molecule has 1 aliphatic rings. The highest BCUT2D eigenvalue weighted by molar-refractivity contribution is 5.80. The minimum atomic E-state index is -0.545. The standard InChI is InChI=1S/C9H18N2O3/c1-13-8(5-10)9(12)11-6-7-3-2-4-14-7/h7-8H,2-6,10H2,1H3,(H,11,12). The van der Waals surface area contributed by atoms with Crippen molar-refractivity contribution in [3.05, 3.63) is 0 Å². The van der Waals surface area contributed by atoms with E-state index in [2.05, 4.69) is 5.32 Å². The number of rotatable bonds is 5. The molecule has 1 amide bonds. The molecule has 2 atom stereocenters. The average molecular weight is 202 g/mol. The summed E-state index contributed by atoms with van der Waals surface area (Å²) in [7, 11) is 1.48. The lowest BCUT2D eigenvalue weighted by Crippen LogP contribution is -2.43. The Hall–Kier alpha value is -0.650. The van der Waals surface area contributed by atoms with Crippen LogP contribution in [0.15, 0.2) is 0 Å². The van der Waals surface area contributed by atoms with Gasteiger partial charge in [-0.3, -0.25) is 4.79 Å². The van der Waals surface area contributed by atoms with Crippen molar-refractivity contribution in [3.63, 3.8) is 0 Å². The van der Waals surface area contributed by atoms with E-state index in [0.29, 0.717) is 6.54 Å². The first-order valence-electron chi connectivity index (χ1n) is 4.90. The summed E-state index contributed by atoms with van der Waals surface area (Å²) in [5.74, 6) is -0.162. The van der Waals surface area contributed by atoms with E-state index >= 15 is 0 Å². The van der Waals surface area contributed by atoms with Gasteiger partial charge in [-0.05, 0) is 12.8 Å². The van der Waals surface area contributed by atoms with Gasteiger partial charge < -0.3 is 20.5 Å². The van der Waals surface area contributed by atoms with Crippen LogP contribution < -0.4 is 11.1 Å². The average Bonchev–Trinajstić information content (AvgIpc) is 2.69. The molecule has 1 heterocycles. The number of nitrogens with two attached hydrogens (primary N) is 1. The Morgan fingerprint density at radius 1 is 1.79 bits per heavy atom.